The number of hydrogen-bond donors (Lipinski definition) is 1. The molecule has 2 nitrogen and oxygen atoms in total. The molecular weight excluding hydrogens is 340 g/mol. The van der Waals surface area contributed by atoms with E-state index in [1.54, 1.807) is 0 Å². The van der Waals surface area contributed by atoms with Crippen LogP contribution in [0.3, 0.4) is 0 Å². The van der Waals surface area contributed by atoms with Gasteiger partial charge in [-0.05, 0) is 0 Å². The molecular formula is C6H10NOU. The first-order chi connectivity index (χ1) is 4.25. The molecule has 0 aromatic heterocycles. The van der Waals surface area contributed by atoms with E-state index >= 15 is 0 Å². The second-order valence-electron chi connectivity index (χ2n) is 2.36. The van der Waals surface area contributed by atoms with Gasteiger partial charge in [0, 0.05) is 0 Å². The van der Waals surface area contributed by atoms with Crippen molar-refractivity contribution >= 4 is 0 Å². The van der Waals surface area contributed by atoms with E-state index in [9.17, 15) is 0 Å². The van der Waals surface area contributed by atoms with Crippen molar-refractivity contribution in [2.75, 3.05) is 0 Å². The predicted octanol–water partition coefficient (Wildman–Crippen LogP) is 0.218. The number of ether oxygens (including phenoxy) is 1. The van der Waals surface area contributed by atoms with Crippen LogP contribution in [-0.2, 0) is 4.74 Å². The maximum absolute atomic E-state index is 5.25. The van der Waals surface area contributed by atoms with E-state index in [1.165, 1.54) is 0 Å². The average molecular weight is 350 g/mol. The molecule has 3 atom stereocenters. The van der Waals surface area contributed by atoms with Gasteiger partial charge in [-0.2, -0.15) is 0 Å². The summed E-state index contributed by atoms with van der Waals surface area (Å²) < 4.78 is 8.30. The molecule has 1 N–H and O–H groups in total. The summed E-state index contributed by atoms with van der Waals surface area (Å²) in [5, 5.41) is 3.14. The Hall–Kier alpha value is 0.752. The van der Waals surface area contributed by atoms with E-state index < -0.39 is 0 Å². The van der Waals surface area contributed by atoms with E-state index in [0.717, 1.165) is 28.7 Å². The molecule has 0 saturated carbocycles. The van der Waals surface area contributed by atoms with Crippen LogP contribution in [0.5, 0.6) is 0 Å². The van der Waals surface area contributed by atoms with Crippen molar-refractivity contribution in [3.05, 3.63) is 0 Å². The normalized spacial score (nSPS) is 35.6. The van der Waals surface area contributed by atoms with Gasteiger partial charge in [0.05, 0.1) is 0 Å². The van der Waals surface area contributed by atoms with Gasteiger partial charge in [-0.25, -0.2) is 0 Å². The fraction of sp³-hybridized carbons (Fsp3) is 0.833. The summed E-state index contributed by atoms with van der Waals surface area (Å²) in [4.78, 5) is 0. The van der Waals surface area contributed by atoms with Crippen molar-refractivity contribution in [3.8, 4) is 2.94 Å². The fourth-order valence-corrected chi connectivity index (χ4v) is 1.87. The van der Waals surface area contributed by atoms with Crippen molar-refractivity contribution in [1.82, 2.24) is 5.32 Å². The first kappa shape index (κ1) is 7.85. The second-order valence-corrected chi connectivity index (χ2v) is 3.40. The molecule has 0 aromatic carbocycles. The SMILES string of the molecule is CC(N[C]#[U])C1OC1C. The van der Waals surface area contributed by atoms with E-state index in [1.807, 2.05) is 0 Å². The van der Waals surface area contributed by atoms with E-state index in [-0.39, 0.29) is 0 Å². The third-order valence-electron chi connectivity index (χ3n) is 1.55. The van der Waals surface area contributed by atoms with Crippen LogP contribution in [0.2, 0.25) is 0 Å². The number of hydrogen-bond acceptors (Lipinski definition) is 2. The topological polar surface area (TPSA) is 24.6 Å². The van der Waals surface area contributed by atoms with Gasteiger partial charge in [-0.3, -0.25) is 0 Å². The quantitative estimate of drug-likeness (QED) is 0.569. The van der Waals surface area contributed by atoms with Crippen LogP contribution in [0.25, 0.3) is 0 Å². The van der Waals surface area contributed by atoms with Gasteiger partial charge in [0.2, 0.25) is 0 Å². The first-order valence-corrected chi connectivity index (χ1v) is 5.16. The van der Waals surface area contributed by atoms with E-state index in [4.69, 9.17) is 4.74 Å². The van der Waals surface area contributed by atoms with Crippen molar-refractivity contribution in [2.24, 2.45) is 0 Å². The minimum absolute atomic E-state index is 0.441. The van der Waals surface area contributed by atoms with Gasteiger partial charge >= 0.3 is 73.8 Å². The van der Waals surface area contributed by atoms with Gasteiger partial charge in [0.1, 0.15) is 0 Å². The molecule has 49 valence electrons. The first-order valence-electron chi connectivity index (χ1n) is 3.08. The minimum atomic E-state index is 0.441. The van der Waals surface area contributed by atoms with Gasteiger partial charge in [0.15, 0.2) is 0 Å². The summed E-state index contributed by atoms with van der Waals surface area (Å²) in [6.45, 7) is 4.22. The fourth-order valence-electron chi connectivity index (χ4n) is 0.923. The zero-order valence-electron chi connectivity index (χ0n) is 5.64. The molecule has 9 heavy (non-hydrogen) atoms. The Morgan fingerprint density at radius 2 is 2.33 bits per heavy atom. The molecule has 3 unspecified atom stereocenters. The molecule has 0 amide bonds. The van der Waals surface area contributed by atoms with Crippen LogP contribution < -0.4 is 5.32 Å². The van der Waals surface area contributed by atoms with Crippen molar-refractivity contribution in [3.63, 3.8) is 0 Å². The summed E-state index contributed by atoms with van der Waals surface area (Å²) in [5.74, 6) is 0. The predicted molar refractivity (Wildman–Crippen MR) is 30.8 cm³/mol. The van der Waals surface area contributed by atoms with Crippen LogP contribution in [0, 0.1) is 31.6 Å². The van der Waals surface area contributed by atoms with Gasteiger partial charge in [-0.15, -0.1) is 0 Å². The molecule has 0 spiro atoms. The molecule has 1 aliphatic rings. The van der Waals surface area contributed by atoms with E-state index in [0.29, 0.717) is 18.2 Å². The summed E-state index contributed by atoms with van der Waals surface area (Å²) in [6.07, 6.45) is 0.905. The van der Waals surface area contributed by atoms with Crippen LogP contribution in [-0.4, -0.2) is 18.2 Å². The Labute approximate surface area is 73.6 Å². The Morgan fingerprint density at radius 3 is 2.67 bits per heavy atom. The summed E-state index contributed by atoms with van der Waals surface area (Å²) in [7, 11) is 0. The van der Waals surface area contributed by atoms with Crippen LogP contribution in [0.15, 0.2) is 0 Å². The summed E-state index contributed by atoms with van der Waals surface area (Å²) in [6, 6.07) is 0.463. The maximum atomic E-state index is 5.25. The van der Waals surface area contributed by atoms with Crippen LogP contribution in [0.1, 0.15) is 13.8 Å². The monoisotopic (exact) mass is 350 g/mol. The van der Waals surface area contributed by atoms with Crippen LogP contribution >= 0.6 is 0 Å². The Morgan fingerprint density at radius 1 is 1.78 bits per heavy atom. The van der Waals surface area contributed by atoms with Crippen molar-refractivity contribution in [2.45, 2.75) is 32.1 Å². The average Bonchev–Trinajstić information content (AvgIpc) is 2.47. The Bertz CT molecular complexity index is 142. The number of rotatable bonds is 2. The molecule has 1 rings (SSSR count). The molecule has 0 aromatic rings. The second kappa shape index (κ2) is 3.23. The third-order valence-corrected chi connectivity index (χ3v) is 2.15. The molecule has 0 radical (unpaired) electrons. The van der Waals surface area contributed by atoms with Gasteiger partial charge in [-0.1, -0.05) is 0 Å². The third kappa shape index (κ3) is 2.11. The standard InChI is InChI=1S/C6H10NO.U/c1-4(7-3)6-5(2)8-6;/h4-7H,1-2H3;. The zero-order valence-corrected chi connectivity index (χ0v) is 9.80. The Balaban J connectivity index is 2.21. The summed E-state index contributed by atoms with van der Waals surface area (Å²) >= 11 is 0.801. The van der Waals surface area contributed by atoms with Crippen molar-refractivity contribution in [1.29, 1.82) is 0 Å². The molecule has 1 aliphatic heterocycles. The van der Waals surface area contributed by atoms with E-state index in [2.05, 4.69) is 22.1 Å². The van der Waals surface area contributed by atoms with Gasteiger partial charge < -0.3 is 0 Å². The number of epoxide rings is 1. The number of nitrogens with one attached hydrogen (secondary N) is 1. The molecule has 1 saturated heterocycles. The Kier molecular flexibility index (Phi) is 2.82. The molecule has 0 bridgehead atoms. The van der Waals surface area contributed by atoms with Crippen molar-refractivity contribution < 1.29 is 33.4 Å². The molecule has 0 aliphatic carbocycles. The molecule has 1 fully saturated rings. The molecule has 3 heteroatoms. The van der Waals surface area contributed by atoms with Gasteiger partial charge in [0.25, 0.3) is 0 Å². The molecule has 1 heterocycles. The van der Waals surface area contributed by atoms with Crippen LogP contribution in [0.4, 0.5) is 0 Å². The summed E-state index contributed by atoms with van der Waals surface area (Å²) in [5.41, 5.74) is 0. The zero-order chi connectivity index (χ0) is 6.85.